The number of rotatable bonds is 8. The first-order valence-electron chi connectivity index (χ1n) is 10.9. The molecule has 2 N–H and O–H groups in total. The van der Waals surface area contributed by atoms with Gasteiger partial charge in [0.1, 0.15) is 6.61 Å². The van der Waals surface area contributed by atoms with Gasteiger partial charge in [0, 0.05) is 12.1 Å². The van der Waals surface area contributed by atoms with Crippen LogP contribution in [-0.4, -0.2) is 53.3 Å². The number of carbonyl (C=O) groups excluding carboxylic acids is 1. The molecule has 31 heavy (non-hydrogen) atoms. The average molecular weight is 429 g/mol. The Morgan fingerprint density at radius 3 is 2.58 bits per heavy atom. The summed E-state index contributed by atoms with van der Waals surface area (Å²) in [6.45, 7) is 5.71. The summed E-state index contributed by atoms with van der Waals surface area (Å²) in [5.41, 5.74) is -0.193. The standard InChI is InChI=1S/C25H33FN2O3/c1-24(2,17-20-9-4-3-5-10-20)27-23(29)18-28-15-8-13-25(30,14-16-28)19-31-22-12-7-6-11-21(22)26/h3-7,9-12,30H,8,13-19H2,1-2H3,(H,27,29)/t25-/m0/s1. The Morgan fingerprint density at radius 2 is 1.84 bits per heavy atom. The number of hydrogen-bond acceptors (Lipinski definition) is 4. The van der Waals surface area contributed by atoms with Crippen LogP contribution < -0.4 is 10.1 Å². The molecule has 1 aliphatic rings. The first-order valence-corrected chi connectivity index (χ1v) is 10.9. The highest BCUT2D eigenvalue weighted by Crippen LogP contribution is 2.25. The van der Waals surface area contributed by atoms with E-state index in [1.807, 2.05) is 32.0 Å². The molecule has 0 radical (unpaired) electrons. The highest BCUT2D eigenvalue weighted by atomic mass is 19.1. The summed E-state index contributed by atoms with van der Waals surface area (Å²) in [4.78, 5) is 14.7. The number of likely N-dealkylation sites (tertiary alicyclic amines) is 1. The van der Waals surface area contributed by atoms with E-state index in [9.17, 15) is 14.3 Å². The van der Waals surface area contributed by atoms with Gasteiger partial charge in [-0.05, 0) is 63.8 Å². The molecule has 1 aliphatic heterocycles. The van der Waals surface area contributed by atoms with Crippen LogP contribution in [0.15, 0.2) is 54.6 Å². The number of para-hydroxylation sites is 1. The molecule has 5 nitrogen and oxygen atoms in total. The van der Waals surface area contributed by atoms with Crippen molar-refractivity contribution in [3.8, 4) is 5.75 Å². The van der Waals surface area contributed by atoms with Crippen molar-refractivity contribution in [2.24, 2.45) is 0 Å². The van der Waals surface area contributed by atoms with Crippen LogP contribution in [0.1, 0.15) is 38.7 Å². The minimum atomic E-state index is -1.03. The van der Waals surface area contributed by atoms with Gasteiger partial charge >= 0.3 is 0 Å². The molecule has 0 aromatic heterocycles. The molecular weight excluding hydrogens is 395 g/mol. The zero-order chi connectivity index (χ0) is 22.3. The number of benzene rings is 2. The van der Waals surface area contributed by atoms with Gasteiger partial charge < -0.3 is 15.2 Å². The Labute approximate surface area is 184 Å². The van der Waals surface area contributed by atoms with Gasteiger partial charge in [0.25, 0.3) is 0 Å². The van der Waals surface area contributed by atoms with E-state index in [2.05, 4.69) is 22.3 Å². The van der Waals surface area contributed by atoms with Crippen molar-refractivity contribution in [1.82, 2.24) is 10.2 Å². The third-order valence-corrected chi connectivity index (χ3v) is 5.68. The van der Waals surface area contributed by atoms with E-state index in [0.29, 0.717) is 25.9 Å². The Kier molecular flexibility index (Phi) is 7.68. The molecular formula is C25H33FN2O3. The monoisotopic (exact) mass is 428 g/mol. The van der Waals surface area contributed by atoms with Crippen LogP contribution in [0.25, 0.3) is 0 Å². The number of nitrogens with one attached hydrogen (secondary N) is 1. The summed E-state index contributed by atoms with van der Waals surface area (Å²) in [7, 11) is 0. The summed E-state index contributed by atoms with van der Waals surface area (Å²) >= 11 is 0. The fourth-order valence-corrected chi connectivity index (χ4v) is 4.08. The molecule has 1 heterocycles. The normalized spacial score (nSPS) is 20.1. The van der Waals surface area contributed by atoms with Gasteiger partial charge in [0.15, 0.2) is 11.6 Å². The molecule has 3 rings (SSSR count). The number of halogens is 1. The lowest BCUT2D eigenvalue weighted by atomic mass is 9.95. The molecule has 1 atom stereocenters. The van der Waals surface area contributed by atoms with E-state index in [4.69, 9.17) is 4.74 Å². The lowest BCUT2D eigenvalue weighted by Gasteiger charge is -2.29. The number of nitrogens with zero attached hydrogens (tertiary/aromatic N) is 1. The van der Waals surface area contributed by atoms with Crippen LogP contribution in [0.4, 0.5) is 4.39 Å². The third-order valence-electron chi connectivity index (χ3n) is 5.68. The van der Waals surface area contributed by atoms with Crippen LogP contribution in [0.3, 0.4) is 0 Å². The predicted octanol–water partition coefficient (Wildman–Crippen LogP) is 3.56. The molecule has 0 spiro atoms. The van der Waals surface area contributed by atoms with Gasteiger partial charge in [0.05, 0.1) is 12.1 Å². The van der Waals surface area contributed by atoms with Crippen LogP contribution in [0.5, 0.6) is 5.75 Å². The van der Waals surface area contributed by atoms with E-state index in [1.54, 1.807) is 18.2 Å². The quantitative estimate of drug-likeness (QED) is 0.675. The molecule has 2 aromatic carbocycles. The van der Waals surface area contributed by atoms with E-state index in [0.717, 1.165) is 19.4 Å². The molecule has 2 aromatic rings. The minimum absolute atomic E-state index is 0.0195. The average Bonchev–Trinajstić information content (AvgIpc) is 2.89. The van der Waals surface area contributed by atoms with Gasteiger partial charge in [-0.3, -0.25) is 9.69 Å². The number of ether oxygens (including phenoxy) is 1. The molecule has 1 amide bonds. The summed E-state index contributed by atoms with van der Waals surface area (Å²) in [5.74, 6) is -0.304. The molecule has 1 fully saturated rings. The Balaban J connectivity index is 1.47. The maximum absolute atomic E-state index is 13.8. The fraction of sp³-hybridized carbons (Fsp3) is 0.480. The van der Waals surface area contributed by atoms with E-state index in [-0.39, 0.29) is 23.8 Å². The predicted molar refractivity (Wildman–Crippen MR) is 120 cm³/mol. The van der Waals surface area contributed by atoms with Crippen LogP contribution in [0, 0.1) is 5.82 Å². The van der Waals surface area contributed by atoms with Gasteiger partial charge in [-0.2, -0.15) is 0 Å². The SMILES string of the molecule is CC(C)(Cc1ccccc1)NC(=O)CN1CCC[C@@](O)(COc2ccccc2F)CC1. The summed E-state index contributed by atoms with van der Waals surface area (Å²) in [5, 5.41) is 14.1. The van der Waals surface area contributed by atoms with Crippen molar-refractivity contribution in [3.63, 3.8) is 0 Å². The van der Waals surface area contributed by atoms with Crippen molar-refractivity contribution >= 4 is 5.91 Å². The smallest absolute Gasteiger partial charge is 0.234 e. The van der Waals surface area contributed by atoms with Gasteiger partial charge in [-0.15, -0.1) is 0 Å². The number of aliphatic hydroxyl groups is 1. The zero-order valence-electron chi connectivity index (χ0n) is 18.4. The Hall–Kier alpha value is -2.44. The second-order valence-electron chi connectivity index (χ2n) is 9.17. The highest BCUT2D eigenvalue weighted by molar-refractivity contribution is 5.78. The topological polar surface area (TPSA) is 61.8 Å². The summed E-state index contributed by atoms with van der Waals surface area (Å²) in [6.07, 6.45) is 2.53. The summed E-state index contributed by atoms with van der Waals surface area (Å²) < 4.78 is 19.3. The van der Waals surface area contributed by atoms with E-state index in [1.165, 1.54) is 11.6 Å². The first kappa shape index (κ1) is 23.2. The fourth-order valence-electron chi connectivity index (χ4n) is 4.08. The minimum Gasteiger partial charge on any atom is -0.488 e. The van der Waals surface area contributed by atoms with E-state index >= 15 is 0 Å². The lowest BCUT2D eigenvalue weighted by molar-refractivity contribution is -0.123. The molecule has 0 saturated carbocycles. The Bertz CT molecular complexity index is 859. The van der Waals surface area contributed by atoms with Crippen molar-refractivity contribution in [1.29, 1.82) is 0 Å². The van der Waals surface area contributed by atoms with Crippen LogP contribution in [0.2, 0.25) is 0 Å². The number of amides is 1. The maximum atomic E-state index is 13.8. The molecule has 168 valence electrons. The Morgan fingerprint density at radius 1 is 1.13 bits per heavy atom. The second kappa shape index (κ2) is 10.2. The molecule has 1 saturated heterocycles. The first-order chi connectivity index (χ1) is 14.7. The number of hydrogen-bond donors (Lipinski definition) is 2. The molecule has 0 unspecified atom stereocenters. The third kappa shape index (κ3) is 7.33. The maximum Gasteiger partial charge on any atom is 0.234 e. The van der Waals surface area contributed by atoms with Gasteiger partial charge in [-0.1, -0.05) is 42.5 Å². The zero-order valence-corrected chi connectivity index (χ0v) is 18.4. The van der Waals surface area contributed by atoms with Gasteiger partial charge in [-0.25, -0.2) is 4.39 Å². The molecule has 0 aliphatic carbocycles. The molecule has 0 bridgehead atoms. The van der Waals surface area contributed by atoms with Crippen molar-refractivity contribution in [3.05, 3.63) is 66.0 Å². The van der Waals surface area contributed by atoms with Crippen LogP contribution in [-0.2, 0) is 11.2 Å². The van der Waals surface area contributed by atoms with Crippen molar-refractivity contribution in [2.75, 3.05) is 26.2 Å². The second-order valence-corrected chi connectivity index (χ2v) is 9.17. The highest BCUT2D eigenvalue weighted by Gasteiger charge is 2.32. The van der Waals surface area contributed by atoms with E-state index < -0.39 is 11.4 Å². The van der Waals surface area contributed by atoms with Crippen molar-refractivity contribution < 1.29 is 19.0 Å². The number of carbonyl (C=O) groups is 1. The van der Waals surface area contributed by atoms with Crippen molar-refractivity contribution in [2.45, 2.75) is 50.7 Å². The molecule has 6 heteroatoms. The summed E-state index contributed by atoms with van der Waals surface area (Å²) in [6, 6.07) is 16.3. The largest absolute Gasteiger partial charge is 0.488 e. The lowest BCUT2D eigenvalue weighted by Crippen LogP contribution is -2.49. The van der Waals surface area contributed by atoms with Crippen LogP contribution >= 0.6 is 0 Å². The van der Waals surface area contributed by atoms with Gasteiger partial charge in [0.2, 0.25) is 5.91 Å².